The van der Waals surface area contributed by atoms with Crippen molar-refractivity contribution >= 4 is 41.1 Å². The van der Waals surface area contributed by atoms with Crippen LogP contribution in [0.4, 0.5) is 16.2 Å². The summed E-state index contributed by atoms with van der Waals surface area (Å²) in [6, 6.07) is 17.2. The lowest BCUT2D eigenvalue weighted by atomic mass is 10.1. The molecule has 0 bridgehead atoms. The van der Waals surface area contributed by atoms with E-state index in [1.165, 1.54) is 12.0 Å². The summed E-state index contributed by atoms with van der Waals surface area (Å²) in [5.74, 6) is -0.127. The summed E-state index contributed by atoms with van der Waals surface area (Å²) in [4.78, 5) is 63.2. The van der Waals surface area contributed by atoms with Gasteiger partial charge in [0, 0.05) is 38.5 Å². The Morgan fingerprint density at radius 2 is 1.50 bits per heavy atom. The number of amides is 5. The summed E-state index contributed by atoms with van der Waals surface area (Å²) in [6.07, 6.45) is 2.57. The molecule has 3 aromatic carbocycles. The predicted octanol–water partition coefficient (Wildman–Crippen LogP) is 5.76. The molecule has 0 radical (unpaired) electrons. The highest BCUT2D eigenvalue weighted by atomic mass is 16.6. The summed E-state index contributed by atoms with van der Waals surface area (Å²) >= 11 is 0. The van der Waals surface area contributed by atoms with E-state index in [9.17, 15) is 24.0 Å². The maximum absolute atomic E-state index is 13.7. The maximum Gasteiger partial charge on any atom is 0.407 e. The van der Waals surface area contributed by atoms with Gasteiger partial charge >= 0.3 is 6.09 Å². The molecule has 54 heavy (non-hydrogen) atoms. The number of alkyl carbamates (subject to hydrolysis) is 1. The first kappa shape index (κ1) is 42.6. The summed E-state index contributed by atoms with van der Waals surface area (Å²) in [7, 11) is 3.11. The van der Waals surface area contributed by atoms with Gasteiger partial charge in [-0.2, -0.15) is 0 Å². The molecule has 3 aromatic rings. The van der Waals surface area contributed by atoms with Crippen LogP contribution in [0.25, 0.3) is 0 Å². The van der Waals surface area contributed by atoms with E-state index in [-0.39, 0.29) is 37.1 Å². The van der Waals surface area contributed by atoms with Crippen molar-refractivity contribution in [3.05, 3.63) is 77.4 Å². The third-order valence-corrected chi connectivity index (χ3v) is 7.86. The zero-order chi connectivity index (χ0) is 39.7. The van der Waals surface area contributed by atoms with E-state index in [1.807, 2.05) is 25.1 Å². The van der Waals surface area contributed by atoms with Crippen molar-refractivity contribution in [2.45, 2.75) is 71.8 Å². The molecule has 0 aromatic heterocycles. The predicted molar refractivity (Wildman–Crippen MR) is 206 cm³/mol. The molecular formula is C40H53N5O9. The van der Waals surface area contributed by atoms with Gasteiger partial charge in [0.1, 0.15) is 22.8 Å². The largest absolute Gasteiger partial charge is 0.495 e. The van der Waals surface area contributed by atoms with Gasteiger partial charge in [0.15, 0.2) is 0 Å². The molecule has 0 saturated heterocycles. The van der Waals surface area contributed by atoms with Crippen molar-refractivity contribution in [2.24, 2.45) is 5.73 Å². The Morgan fingerprint density at radius 1 is 0.778 bits per heavy atom. The molecule has 0 heterocycles. The standard InChI is InChI=1S/C40H53N5O9/c1-27-16-19-31(34(25-27)53-23-11-7-8-15-36(47)42-22-20-35(41)46)45(5)38(49)28-17-18-30(33(26-28)51-6)44-37(48)29-13-9-10-14-32(29)52-24-12-21-43-39(50)54-40(2,3)4/h9-10,13-14,16-19,25-26H,7-8,11-12,15,20-24H2,1-6H3,(H2,41,46)(H,42,47)(H,43,50)(H,44,48). The fraction of sp³-hybridized carbons (Fsp3) is 0.425. The topological polar surface area (TPSA) is 188 Å². The van der Waals surface area contributed by atoms with Gasteiger partial charge in [0.2, 0.25) is 11.8 Å². The van der Waals surface area contributed by atoms with Gasteiger partial charge < -0.3 is 45.5 Å². The number of rotatable bonds is 20. The smallest absolute Gasteiger partial charge is 0.407 e. The number of carbonyl (C=O) groups is 5. The molecule has 5 N–H and O–H groups in total. The average molecular weight is 748 g/mol. The molecule has 292 valence electrons. The molecule has 14 heteroatoms. The van der Waals surface area contributed by atoms with Gasteiger partial charge in [-0.3, -0.25) is 19.2 Å². The quantitative estimate of drug-likeness (QED) is 0.104. The Bertz CT molecular complexity index is 1760. The van der Waals surface area contributed by atoms with E-state index >= 15 is 0 Å². The first-order chi connectivity index (χ1) is 25.7. The highest BCUT2D eigenvalue weighted by Gasteiger charge is 2.21. The van der Waals surface area contributed by atoms with Gasteiger partial charge in [-0.15, -0.1) is 0 Å². The van der Waals surface area contributed by atoms with E-state index in [2.05, 4.69) is 16.0 Å². The Kier molecular flexibility index (Phi) is 16.6. The van der Waals surface area contributed by atoms with E-state index < -0.39 is 23.5 Å². The van der Waals surface area contributed by atoms with E-state index in [0.29, 0.717) is 72.8 Å². The number of nitrogens with one attached hydrogen (secondary N) is 3. The summed E-state index contributed by atoms with van der Waals surface area (Å²) < 4.78 is 22.8. The van der Waals surface area contributed by atoms with Crippen molar-refractivity contribution in [3.63, 3.8) is 0 Å². The zero-order valence-electron chi connectivity index (χ0n) is 32.0. The van der Waals surface area contributed by atoms with Crippen LogP contribution >= 0.6 is 0 Å². The number of nitrogens with two attached hydrogens (primary N) is 1. The van der Waals surface area contributed by atoms with Gasteiger partial charge in [-0.25, -0.2) is 4.79 Å². The summed E-state index contributed by atoms with van der Waals surface area (Å²) in [5.41, 5.74) is 7.03. The molecule has 0 saturated carbocycles. The van der Waals surface area contributed by atoms with Crippen LogP contribution in [0.3, 0.4) is 0 Å². The Balaban J connectivity index is 1.58. The molecule has 5 amide bonds. The van der Waals surface area contributed by atoms with Gasteiger partial charge in [-0.1, -0.05) is 18.2 Å². The van der Waals surface area contributed by atoms with E-state index in [4.69, 9.17) is 24.7 Å². The lowest BCUT2D eigenvalue weighted by molar-refractivity contribution is -0.121. The van der Waals surface area contributed by atoms with E-state index in [0.717, 1.165) is 12.0 Å². The molecule has 14 nitrogen and oxygen atoms in total. The zero-order valence-corrected chi connectivity index (χ0v) is 32.0. The van der Waals surface area contributed by atoms with Crippen LogP contribution < -0.4 is 40.8 Å². The minimum Gasteiger partial charge on any atom is -0.495 e. The summed E-state index contributed by atoms with van der Waals surface area (Å²) in [6.45, 7) is 8.52. The number of para-hydroxylation sites is 1. The molecule has 0 spiro atoms. The highest BCUT2D eigenvalue weighted by molar-refractivity contribution is 6.09. The van der Waals surface area contributed by atoms with Crippen LogP contribution in [0.1, 0.15) is 85.6 Å². The van der Waals surface area contributed by atoms with Crippen LogP contribution in [0.2, 0.25) is 0 Å². The molecule has 0 fully saturated rings. The number of primary amides is 1. The van der Waals surface area contributed by atoms with Crippen molar-refractivity contribution in [2.75, 3.05) is 50.7 Å². The number of methoxy groups -OCH3 is 1. The molecular weight excluding hydrogens is 694 g/mol. The van der Waals surface area contributed by atoms with Crippen LogP contribution in [-0.2, 0) is 14.3 Å². The monoisotopic (exact) mass is 747 g/mol. The number of benzene rings is 3. The van der Waals surface area contributed by atoms with Gasteiger partial charge in [-0.05, 0) is 101 Å². The molecule has 3 rings (SSSR count). The third-order valence-electron chi connectivity index (χ3n) is 7.86. The van der Waals surface area contributed by atoms with Crippen LogP contribution in [0.15, 0.2) is 60.7 Å². The second kappa shape index (κ2) is 21.0. The van der Waals surface area contributed by atoms with E-state index in [1.54, 1.807) is 70.3 Å². The first-order valence-corrected chi connectivity index (χ1v) is 17.9. The number of hydrogen-bond donors (Lipinski definition) is 4. The number of ether oxygens (including phenoxy) is 4. The fourth-order valence-electron chi connectivity index (χ4n) is 5.13. The molecule has 0 aliphatic rings. The van der Waals surface area contributed by atoms with Gasteiger partial charge in [0.05, 0.1) is 37.3 Å². The van der Waals surface area contributed by atoms with Gasteiger partial charge in [0.25, 0.3) is 11.8 Å². The number of carbonyl (C=O) groups excluding carboxylic acids is 5. The number of anilines is 2. The average Bonchev–Trinajstić information content (AvgIpc) is 3.11. The summed E-state index contributed by atoms with van der Waals surface area (Å²) in [5, 5.41) is 8.20. The Hall–Kier alpha value is -5.79. The minimum atomic E-state index is -0.592. The highest BCUT2D eigenvalue weighted by Crippen LogP contribution is 2.32. The second-order valence-electron chi connectivity index (χ2n) is 13.6. The number of aryl methyl sites for hydroxylation is 1. The van der Waals surface area contributed by atoms with Crippen LogP contribution in [0, 0.1) is 6.92 Å². The first-order valence-electron chi connectivity index (χ1n) is 17.9. The normalized spacial score (nSPS) is 10.9. The lowest BCUT2D eigenvalue weighted by Gasteiger charge is -2.22. The maximum atomic E-state index is 13.7. The lowest BCUT2D eigenvalue weighted by Crippen LogP contribution is -2.33. The second-order valence-corrected chi connectivity index (χ2v) is 13.6. The van der Waals surface area contributed by atoms with Crippen LogP contribution in [0.5, 0.6) is 17.2 Å². The SMILES string of the molecule is COc1cc(C(=O)N(C)c2ccc(C)cc2OCCCCCC(=O)NCCC(N)=O)ccc1NC(=O)c1ccccc1OCCCNC(=O)OC(C)(C)C. The minimum absolute atomic E-state index is 0.111. The fourth-order valence-corrected chi connectivity index (χ4v) is 5.13. The molecule has 0 atom stereocenters. The van der Waals surface area contributed by atoms with Crippen molar-refractivity contribution in [1.82, 2.24) is 10.6 Å². The van der Waals surface area contributed by atoms with Crippen molar-refractivity contribution in [3.8, 4) is 17.2 Å². The third kappa shape index (κ3) is 14.3. The van der Waals surface area contributed by atoms with Crippen molar-refractivity contribution in [1.29, 1.82) is 0 Å². The number of hydrogen-bond acceptors (Lipinski definition) is 9. The molecule has 0 aliphatic carbocycles. The molecule has 0 unspecified atom stereocenters. The Labute approximate surface area is 317 Å². The van der Waals surface area contributed by atoms with Crippen LogP contribution in [-0.4, -0.2) is 75.8 Å². The number of unbranched alkanes of at least 4 members (excludes halogenated alkanes) is 2. The number of nitrogens with zero attached hydrogens (tertiary/aromatic N) is 1. The Morgan fingerprint density at radius 3 is 2.22 bits per heavy atom. The molecule has 0 aliphatic heterocycles. The van der Waals surface area contributed by atoms with Crippen molar-refractivity contribution < 1.29 is 42.9 Å².